The molecular formula is C21H19FN4O. The number of rotatable bonds is 3. The van der Waals surface area contributed by atoms with Crippen molar-refractivity contribution < 1.29 is 9.18 Å². The first kappa shape index (κ1) is 17.3. The maximum atomic E-state index is 13.3. The highest BCUT2D eigenvalue weighted by molar-refractivity contribution is 5.94. The van der Waals surface area contributed by atoms with Crippen molar-refractivity contribution in [2.75, 3.05) is 13.1 Å². The van der Waals surface area contributed by atoms with Crippen LogP contribution in [0.4, 0.5) is 4.39 Å². The van der Waals surface area contributed by atoms with E-state index < -0.39 is 0 Å². The average Bonchev–Trinajstić information content (AvgIpc) is 2.74. The molecule has 1 saturated heterocycles. The zero-order valence-corrected chi connectivity index (χ0v) is 14.8. The van der Waals surface area contributed by atoms with Crippen molar-refractivity contribution in [3.63, 3.8) is 0 Å². The summed E-state index contributed by atoms with van der Waals surface area (Å²) in [5.74, 6) is -0.205. The molecular weight excluding hydrogens is 343 g/mol. The summed E-state index contributed by atoms with van der Waals surface area (Å²) in [7, 11) is 0. The van der Waals surface area contributed by atoms with Crippen LogP contribution in [0.5, 0.6) is 0 Å². The van der Waals surface area contributed by atoms with Gasteiger partial charge >= 0.3 is 0 Å². The first-order valence-electron chi connectivity index (χ1n) is 8.98. The number of nitrogens with zero attached hydrogens (tertiary/aromatic N) is 4. The first-order valence-corrected chi connectivity index (χ1v) is 8.98. The van der Waals surface area contributed by atoms with Gasteiger partial charge in [-0.05, 0) is 49.2 Å². The Morgan fingerprint density at radius 1 is 1.07 bits per heavy atom. The lowest BCUT2D eigenvalue weighted by atomic mass is 9.91. The lowest BCUT2D eigenvalue weighted by Crippen LogP contribution is -2.39. The fourth-order valence-corrected chi connectivity index (χ4v) is 3.53. The van der Waals surface area contributed by atoms with Gasteiger partial charge in [-0.2, -0.15) is 0 Å². The Morgan fingerprint density at radius 2 is 1.89 bits per heavy atom. The number of hydrogen-bond donors (Lipinski definition) is 0. The Hall–Kier alpha value is -3.15. The van der Waals surface area contributed by atoms with Crippen LogP contribution in [0.3, 0.4) is 0 Å². The van der Waals surface area contributed by atoms with Crippen LogP contribution in [0.2, 0.25) is 0 Å². The maximum absolute atomic E-state index is 13.3. The van der Waals surface area contributed by atoms with Crippen molar-refractivity contribution in [2.24, 2.45) is 0 Å². The van der Waals surface area contributed by atoms with E-state index in [0.717, 1.165) is 36.3 Å². The molecule has 0 bridgehead atoms. The highest BCUT2D eigenvalue weighted by Gasteiger charge is 2.28. The highest BCUT2D eigenvalue weighted by atomic mass is 19.1. The van der Waals surface area contributed by atoms with E-state index in [1.807, 2.05) is 4.90 Å². The summed E-state index contributed by atoms with van der Waals surface area (Å²) in [4.78, 5) is 27.7. The lowest BCUT2D eigenvalue weighted by molar-refractivity contribution is 0.0705. The largest absolute Gasteiger partial charge is 0.338 e. The quantitative estimate of drug-likeness (QED) is 0.713. The highest BCUT2D eigenvalue weighted by Crippen LogP contribution is 2.32. The van der Waals surface area contributed by atoms with Gasteiger partial charge in [0.05, 0.1) is 17.0 Å². The number of carbonyl (C=O) groups is 1. The summed E-state index contributed by atoms with van der Waals surface area (Å²) < 4.78 is 13.3. The molecule has 0 spiro atoms. The predicted molar refractivity (Wildman–Crippen MR) is 99.5 cm³/mol. The standard InChI is InChI=1S/C21H19FN4O/c22-18-7-5-15(6-8-18)19-20(25-11-10-24-19)17-4-2-12-26(14-17)21(27)16-3-1-9-23-13-16/h1,3,5-11,13,17H,2,4,12,14H2/t17-/m0/s1. The number of carbonyl (C=O) groups excluding carboxylic acids is 1. The lowest BCUT2D eigenvalue weighted by Gasteiger charge is -2.33. The number of piperidine rings is 1. The Labute approximate surface area is 156 Å². The van der Waals surface area contributed by atoms with Crippen LogP contribution in [-0.4, -0.2) is 38.8 Å². The molecule has 1 aromatic carbocycles. The van der Waals surface area contributed by atoms with Crippen molar-refractivity contribution in [1.82, 2.24) is 19.9 Å². The number of halogens is 1. The molecule has 0 radical (unpaired) electrons. The molecule has 3 heterocycles. The summed E-state index contributed by atoms with van der Waals surface area (Å²) in [6, 6.07) is 9.82. The van der Waals surface area contributed by atoms with Crippen molar-refractivity contribution in [2.45, 2.75) is 18.8 Å². The molecule has 0 unspecified atom stereocenters. The molecule has 2 aromatic heterocycles. The second kappa shape index (κ2) is 7.61. The smallest absolute Gasteiger partial charge is 0.255 e. The number of pyridine rings is 1. The van der Waals surface area contributed by atoms with Gasteiger partial charge in [0, 0.05) is 49.4 Å². The van der Waals surface area contributed by atoms with Crippen LogP contribution in [0, 0.1) is 5.82 Å². The van der Waals surface area contributed by atoms with Crippen LogP contribution in [0.25, 0.3) is 11.3 Å². The van der Waals surface area contributed by atoms with E-state index in [2.05, 4.69) is 15.0 Å². The van der Waals surface area contributed by atoms with Crippen LogP contribution < -0.4 is 0 Å². The van der Waals surface area contributed by atoms with Gasteiger partial charge in [0.25, 0.3) is 5.91 Å². The van der Waals surface area contributed by atoms with E-state index in [4.69, 9.17) is 0 Å². The molecule has 0 saturated carbocycles. The average molecular weight is 362 g/mol. The van der Waals surface area contributed by atoms with E-state index in [0.29, 0.717) is 12.1 Å². The van der Waals surface area contributed by atoms with E-state index in [9.17, 15) is 9.18 Å². The molecule has 5 nitrogen and oxygen atoms in total. The molecule has 1 fully saturated rings. The zero-order chi connectivity index (χ0) is 18.6. The van der Waals surface area contributed by atoms with Gasteiger partial charge in [0.2, 0.25) is 0 Å². The zero-order valence-electron chi connectivity index (χ0n) is 14.8. The SMILES string of the molecule is O=C(c1cccnc1)N1CCC[C@H](c2nccnc2-c2ccc(F)cc2)C1. The second-order valence-corrected chi connectivity index (χ2v) is 6.63. The number of likely N-dealkylation sites (tertiary alicyclic amines) is 1. The van der Waals surface area contributed by atoms with Gasteiger partial charge in [-0.15, -0.1) is 0 Å². The topological polar surface area (TPSA) is 59.0 Å². The van der Waals surface area contributed by atoms with E-state index in [-0.39, 0.29) is 17.6 Å². The molecule has 1 atom stereocenters. The Bertz CT molecular complexity index is 930. The molecule has 27 heavy (non-hydrogen) atoms. The van der Waals surface area contributed by atoms with Crippen molar-refractivity contribution in [3.05, 3.63) is 78.3 Å². The van der Waals surface area contributed by atoms with Crippen LogP contribution >= 0.6 is 0 Å². The van der Waals surface area contributed by atoms with Crippen LogP contribution in [0.15, 0.2) is 61.2 Å². The summed E-state index contributed by atoms with van der Waals surface area (Å²) >= 11 is 0. The summed E-state index contributed by atoms with van der Waals surface area (Å²) in [5, 5.41) is 0. The third kappa shape index (κ3) is 3.69. The monoisotopic (exact) mass is 362 g/mol. The summed E-state index contributed by atoms with van der Waals surface area (Å²) in [5.41, 5.74) is 3.03. The molecule has 3 aromatic rings. The van der Waals surface area contributed by atoms with Crippen molar-refractivity contribution in [3.8, 4) is 11.3 Å². The number of aromatic nitrogens is 3. The van der Waals surface area contributed by atoms with Gasteiger partial charge in [-0.25, -0.2) is 4.39 Å². The number of amides is 1. The Balaban J connectivity index is 1.60. The minimum Gasteiger partial charge on any atom is -0.338 e. The van der Waals surface area contributed by atoms with Gasteiger partial charge in [0.15, 0.2) is 0 Å². The molecule has 4 rings (SSSR count). The third-order valence-electron chi connectivity index (χ3n) is 4.85. The molecule has 136 valence electrons. The fraction of sp³-hybridized carbons (Fsp3) is 0.238. The second-order valence-electron chi connectivity index (χ2n) is 6.63. The van der Waals surface area contributed by atoms with Crippen molar-refractivity contribution >= 4 is 5.91 Å². The molecule has 1 aliphatic heterocycles. The number of benzene rings is 1. The molecule has 0 N–H and O–H groups in total. The fourth-order valence-electron chi connectivity index (χ4n) is 3.53. The normalized spacial score (nSPS) is 16.9. The molecule has 0 aliphatic carbocycles. The number of hydrogen-bond acceptors (Lipinski definition) is 4. The molecule has 1 aliphatic rings. The molecule has 1 amide bonds. The minimum absolute atomic E-state index is 0.0139. The Kier molecular flexibility index (Phi) is 4.87. The summed E-state index contributed by atoms with van der Waals surface area (Å²) in [6.07, 6.45) is 8.40. The van der Waals surface area contributed by atoms with Gasteiger partial charge in [0.1, 0.15) is 5.82 Å². The van der Waals surface area contributed by atoms with E-state index >= 15 is 0 Å². The van der Waals surface area contributed by atoms with Gasteiger partial charge < -0.3 is 4.90 Å². The van der Waals surface area contributed by atoms with E-state index in [1.54, 1.807) is 49.1 Å². The van der Waals surface area contributed by atoms with Crippen molar-refractivity contribution in [1.29, 1.82) is 0 Å². The van der Waals surface area contributed by atoms with Gasteiger partial charge in [-0.3, -0.25) is 19.7 Å². The molecule has 6 heteroatoms. The van der Waals surface area contributed by atoms with E-state index in [1.165, 1.54) is 12.1 Å². The van der Waals surface area contributed by atoms with Gasteiger partial charge in [-0.1, -0.05) is 0 Å². The maximum Gasteiger partial charge on any atom is 0.255 e. The summed E-state index contributed by atoms with van der Waals surface area (Å²) in [6.45, 7) is 1.30. The third-order valence-corrected chi connectivity index (χ3v) is 4.85. The minimum atomic E-state index is -0.282. The van der Waals surface area contributed by atoms with Crippen LogP contribution in [0.1, 0.15) is 34.8 Å². The predicted octanol–water partition coefficient (Wildman–Crippen LogP) is 3.70. The van der Waals surface area contributed by atoms with Crippen LogP contribution in [-0.2, 0) is 0 Å². The Morgan fingerprint density at radius 3 is 2.67 bits per heavy atom. The first-order chi connectivity index (χ1) is 13.2.